The van der Waals surface area contributed by atoms with E-state index < -0.39 is 5.60 Å². The predicted octanol–water partition coefficient (Wildman–Crippen LogP) is 3.26. The third-order valence-electron chi connectivity index (χ3n) is 3.32. The number of carbonyl (C=O) groups excluding carboxylic acids is 1. The van der Waals surface area contributed by atoms with Gasteiger partial charge >= 0.3 is 6.09 Å². The number of aromatic nitrogens is 2. The Bertz CT molecular complexity index is 678. The number of fused-ring (bicyclic) bond motifs is 1. The van der Waals surface area contributed by atoms with Crippen molar-refractivity contribution in [1.29, 1.82) is 0 Å². The molecule has 0 saturated carbocycles. The van der Waals surface area contributed by atoms with Crippen molar-refractivity contribution in [3.63, 3.8) is 0 Å². The number of hydrogen-bond donors (Lipinski definition) is 0. The standard InChI is InChI=1S/C16H18FN3O2/c1-16(2,3)22-15(21)19-8-11-9-20(18-14(11)10-19)13-6-4-12(17)5-7-13/h4-7,9H,8,10H2,1-3H3. The maximum Gasteiger partial charge on any atom is 0.410 e. The SMILES string of the molecule is CC(C)(C)OC(=O)N1Cc2cn(-c3ccc(F)cc3)nc2C1. The smallest absolute Gasteiger partial charge is 0.410 e. The Labute approximate surface area is 128 Å². The van der Waals surface area contributed by atoms with Gasteiger partial charge in [0.05, 0.1) is 24.5 Å². The Balaban J connectivity index is 1.73. The summed E-state index contributed by atoms with van der Waals surface area (Å²) in [5.41, 5.74) is 2.11. The molecule has 2 aromatic rings. The van der Waals surface area contributed by atoms with Gasteiger partial charge in [-0.2, -0.15) is 5.10 Å². The van der Waals surface area contributed by atoms with Crippen LogP contribution in [0.15, 0.2) is 30.5 Å². The third-order valence-corrected chi connectivity index (χ3v) is 3.32. The van der Waals surface area contributed by atoms with Gasteiger partial charge in [0.15, 0.2) is 0 Å². The van der Waals surface area contributed by atoms with Crippen LogP contribution in [0.4, 0.5) is 9.18 Å². The number of rotatable bonds is 1. The molecular formula is C16H18FN3O2. The predicted molar refractivity (Wildman–Crippen MR) is 79.0 cm³/mol. The van der Waals surface area contributed by atoms with Crippen molar-refractivity contribution >= 4 is 6.09 Å². The number of amides is 1. The zero-order chi connectivity index (χ0) is 15.9. The summed E-state index contributed by atoms with van der Waals surface area (Å²) in [5, 5.41) is 4.46. The number of ether oxygens (including phenoxy) is 1. The molecule has 1 aliphatic rings. The molecule has 22 heavy (non-hydrogen) atoms. The largest absolute Gasteiger partial charge is 0.444 e. The van der Waals surface area contributed by atoms with Crippen molar-refractivity contribution in [2.45, 2.75) is 39.5 Å². The van der Waals surface area contributed by atoms with Gasteiger partial charge in [-0.3, -0.25) is 4.90 Å². The van der Waals surface area contributed by atoms with Crippen LogP contribution < -0.4 is 0 Å². The van der Waals surface area contributed by atoms with Gasteiger partial charge in [-0.1, -0.05) is 0 Å². The van der Waals surface area contributed by atoms with Crippen LogP contribution in [0, 0.1) is 5.82 Å². The van der Waals surface area contributed by atoms with E-state index in [9.17, 15) is 9.18 Å². The van der Waals surface area contributed by atoms with Crippen molar-refractivity contribution in [3.8, 4) is 5.69 Å². The van der Waals surface area contributed by atoms with Crippen molar-refractivity contribution in [2.24, 2.45) is 0 Å². The molecule has 0 saturated heterocycles. The highest BCUT2D eigenvalue weighted by Crippen LogP contribution is 2.24. The highest BCUT2D eigenvalue weighted by atomic mass is 19.1. The number of benzene rings is 1. The Hall–Kier alpha value is -2.37. The summed E-state index contributed by atoms with van der Waals surface area (Å²) in [4.78, 5) is 13.7. The first-order valence-electron chi connectivity index (χ1n) is 7.13. The van der Waals surface area contributed by atoms with Gasteiger partial charge in [0.25, 0.3) is 0 Å². The Morgan fingerprint density at radius 2 is 1.91 bits per heavy atom. The van der Waals surface area contributed by atoms with Crippen LogP contribution in [-0.4, -0.2) is 26.4 Å². The molecular weight excluding hydrogens is 285 g/mol. The number of carbonyl (C=O) groups is 1. The van der Waals surface area contributed by atoms with E-state index in [1.54, 1.807) is 21.7 Å². The molecule has 0 radical (unpaired) electrons. The van der Waals surface area contributed by atoms with Crippen molar-refractivity contribution in [3.05, 3.63) is 47.5 Å². The molecule has 0 spiro atoms. The van der Waals surface area contributed by atoms with E-state index in [-0.39, 0.29) is 11.9 Å². The van der Waals surface area contributed by atoms with Crippen molar-refractivity contribution in [1.82, 2.24) is 14.7 Å². The molecule has 1 aromatic heterocycles. The molecule has 0 atom stereocenters. The average molecular weight is 303 g/mol. The topological polar surface area (TPSA) is 47.4 Å². The highest BCUT2D eigenvalue weighted by molar-refractivity contribution is 5.69. The van der Waals surface area contributed by atoms with Crippen LogP contribution in [0.5, 0.6) is 0 Å². The minimum atomic E-state index is -0.509. The second-order valence-corrected chi connectivity index (χ2v) is 6.36. The minimum absolute atomic E-state index is 0.278. The van der Waals surface area contributed by atoms with Crippen LogP contribution in [0.2, 0.25) is 0 Å². The molecule has 1 aromatic carbocycles. The summed E-state index contributed by atoms with van der Waals surface area (Å²) in [6.07, 6.45) is 1.53. The lowest BCUT2D eigenvalue weighted by Crippen LogP contribution is -2.33. The zero-order valence-electron chi connectivity index (χ0n) is 12.8. The lowest BCUT2D eigenvalue weighted by molar-refractivity contribution is 0.0239. The first kappa shape index (κ1) is 14.6. The summed E-state index contributed by atoms with van der Waals surface area (Å²) >= 11 is 0. The Kier molecular flexibility index (Phi) is 3.39. The van der Waals surface area contributed by atoms with Crippen LogP contribution in [0.3, 0.4) is 0 Å². The number of hydrogen-bond acceptors (Lipinski definition) is 3. The highest BCUT2D eigenvalue weighted by Gasteiger charge is 2.30. The average Bonchev–Trinajstić information content (AvgIpc) is 2.95. The normalized spacial score (nSPS) is 14.1. The van der Waals surface area contributed by atoms with Crippen LogP contribution in [-0.2, 0) is 17.8 Å². The summed E-state index contributed by atoms with van der Waals surface area (Å²) in [5.74, 6) is -0.278. The third kappa shape index (κ3) is 2.95. The fraction of sp³-hybridized carbons (Fsp3) is 0.375. The second kappa shape index (κ2) is 5.12. The Morgan fingerprint density at radius 1 is 1.23 bits per heavy atom. The number of nitrogens with zero attached hydrogens (tertiary/aromatic N) is 3. The van der Waals surface area contributed by atoms with E-state index in [4.69, 9.17) is 4.74 Å². The summed E-state index contributed by atoms with van der Waals surface area (Å²) < 4.78 is 20.0. The molecule has 116 valence electrons. The van der Waals surface area contributed by atoms with E-state index in [1.165, 1.54) is 12.1 Å². The monoisotopic (exact) mass is 303 g/mol. The molecule has 0 unspecified atom stereocenters. The molecule has 6 heteroatoms. The van der Waals surface area contributed by atoms with E-state index in [0.29, 0.717) is 13.1 Å². The Morgan fingerprint density at radius 3 is 2.50 bits per heavy atom. The minimum Gasteiger partial charge on any atom is -0.444 e. The van der Waals surface area contributed by atoms with Crippen molar-refractivity contribution in [2.75, 3.05) is 0 Å². The van der Waals surface area contributed by atoms with Gasteiger partial charge in [0.2, 0.25) is 0 Å². The lowest BCUT2D eigenvalue weighted by Gasteiger charge is -2.24. The molecule has 1 amide bonds. The van der Waals surface area contributed by atoms with Gasteiger partial charge < -0.3 is 4.74 Å². The van der Waals surface area contributed by atoms with Gasteiger partial charge in [-0.25, -0.2) is 13.9 Å². The molecule has 3 rings (SSSR count). The molecule has 5 nitrogen and oxygen atoms in total. The second-order valence-electron chi connectivity index (χ2n) is 6.36. The van der Waals surface area contributed by atoms with Gasteiger partial charge in [-0.05, 0) is 45.0 Å². The molecule has 0 aliphatic carbocycles. The van der Waals surface area contributed by atoms with E-state index in [1.807, 2.05) is 27.0 Å². The van der Waals surface area contributed by atoms with E-state index in [0.717, 1.165) is 16.9 Å². The molecule has 2 heterocycles. The maximum absolute atomic E-state index is 13.0. The molecule has 0 bridgehead atoms. The van der Waals surface area contributed by atoms with Crippen LogP contribution in [0.1, 0.15) is 32.0 Å². The number of halogens is 1. The van der Waals surface area contributed by atoms with Gasteiger partial charge in [0, 0.05) is 11.8 Å². The first-order chi connectivity index (χ1) is 10.3. The van der Waals surface area contributed by atoms with E-state index in [2.05, 4.69) is 5.10 Å². The van der Waals surface area contributed by atoms with Crippen LogP contribution >= 0.6 is 0 Å². The van der Waals surface area contributed by atoms with Crippen LogP contribution in [0.25, 0.3) is 5.69 Å². The maximum atomic E-state index is 13.0. The molecule has 1 aliphatic heterocycles. The van der Waals surface area contributed by atoms with Gasteiger partial charge in [0.1, 0.15) is 11.4 Å². The molecule has 0 N–H and O–H groups in total. The fourth-order valence-electron chi connectivity index (χ4n) is 2.33. The fourth-order valence-corrected chi connectivity index (χ4v) is 2.33. The van der Waals surface area contributed by atoms with E-state index >= 15 is 0 Å². The summed E-state index contributed by atoms with van der Waals surface area (Å²) in [6.45, 7) is 6.43. The van der Waals surface area contributed by atoms with Gasteiger partial charge in [-0.15, -0.1) is 0 Å². The summed E-state index contributed by atoms with van der Waals surface area (Å²) in [6, 6.07) is 6.14. The zero-order valence-corrected chi connectivity index (χ0v) is 12.8. The molecule has 0 fully saturated rings. The summed E-state index contributed by atoms with van der Waals surface area (Å²) in [7, 11) is 0. The quantitative estimate of drug-likeness (QED) is 0.812. The van der Waals surface area contributed by atoms with Crippen molar-refractivity contribution < 1.29 is 13.9 Å². The first-order valence-corrected chi connectivity index (χ1v) is 7.13. The lowest BCUT2D eigenvalue weighted by atomic mass is 10.2.